The number of carbonyl (C=O) groups is 2. The van der Waals surface area contributed by atoms with E-state index in [9.17, 15) is 9.59 Å². The second kappa shape index (κ2) is 4.41. The molecule has 74 valence electrons. The zero-order valence-electron chi connectivity index (χ0n) is 7.94. The van der Waals surface area contributed by atoms with Gasteiger partial charge in [-0.15, -0.1) is 0 Å². The van der Waals surface area contributed by atoms with Gasteiger partial charge in [0, 0.05) is 0 Å². The minimum Gasteiger partial charge on any atom is -0.496 e. The molecule has 0 aliphatic heterocycles. The third-order valence-electron chi connectivity index (χ3n) is 1.86. The Morgan fingerprint density at radius 1 is 1.07 bits per heavy atom. The number of carbonyl (C=O) groups excluding carboxylic acids is 2. The monoisotopic (exact) mass is 194 g/mol. The standard InChI is InChI=1S/C10H10O4/c1-13-9-4-3-7(5-11)10(14-2)8(9)6-12/h3-6H,1-2H3. The van der Waals surface area contributed by atoms with Crippen LogP contribution in [0, 0.1) is 0 Å². The quantitative estimate of drug-likeness (QED) is 0.678. The molecule has 0 saturated heterocycles. The highest BCUT2D eigenvalue weighted by atomic mass is 16.5. The van der Waals surface area contributed by atoms with Crippen LogP contribution in [-0.4, -0.2) is 26.8 Å². The van der Waals surface area contributed by atoms with Crippen LogP contribution in [0.25, 0.3) is 0 Å². The maximum absolute atomic E-state index is 10.8. The van der Waals surface area contributed by atoms with E-state index < -0.39 is 0 Å². The molecule has 0 aliphatic carbocycles. The lowest BCUT2D eigenvalue weighted by Crippen LogP contribution is -1.99. The maximum atomic E-state index is 10.8. The van der Waals surface area contributed by atoms with E-state index in [1.807, 2.05) is 0 Å². The number of hydrogen-bond donors (Lipinski definition) is 0. The molecule has 0 fully saturated rings. The van der Waals surface area contributed by atoms with Gasteiger partial charge in [-0.2, -0.15) is 0 Å². The zero-order chi connectivity index (χ0) is 10.6. The van der Waals surface area contributed by atoms with Crippen LogP contribution in [0.2, 0.25) is 0 Å². The van der Waals surface area contributed by atoms with Gasteiger partial charge in [0.25, 0.3) is 0 Å². The van der Waals surface area contributed by atoms with Gasteiger partial charge in [0.1, 0.15) is 11.5 Å². The summed E-state index contributed by atoms with van der Waals surface area (Å²) in [5.41, 5.74) is 0.579. The van der Waals surface area contributed by atoms with Gasteiger partial charge in [-0.3, -0.25) is 9.59 Å². The van der Waals surface area contributed by atoms with Gasteiger partial charge < -0.3 is 9.47 Å². The van der Waals surface area contributed by atoms with E-state index in [0.717, 1.165) is 0 Å². The third kappa shape index (κ3) is 1.59. The van der Waals surface area contributed by atoms with Gasteiger partial charge in [0.2, 0.25) is 0 Å². The normalized spacial score (nSPS) is 9.29. The molecule has 1 aromatic rings. The van der Waals surface area contributed by atoms with Gasteiger partial charge in [0.15, 0.2) is 12.6 Å². The Labute approximate surface area is 81.4 Å². The lowest BCUT2D eigenvalue weighted by molar-refractivity contribution is 0.111. The molecule has 1 aromatic carbocycles. The summed E-state index contributed by atoms with van der Waals surface area (Å²) in [4.78, 5) is 21.4. The Hall–Kier alpha value is -1.84. The Kier molecular flexibility index (Phi) is 3.23. The van der Waals surface area contributed by atoms with Crippen molar-refractivity contribution in [1.29, 1.82) is 0 Å². The van der Waals surface area contributed by atoms with Crippen LogP contribution in [0.3, 0.4) is 0 Å². The molecule has 0 atom stereocenters. The van der Waals surface area contributed by atoms with Crippen molar-refractivity contribution in [3.63, 3.8) is 0 Å². The van der Waals surface area contributed by atoms with E-state index in [4.69, 9.17) is 9.47 Å². The van der Waals surface area contributed by atoms with Gasteiger partial charge in [-0.05, 0) is 12.1 Å². The van der Waals surface area contributed by atoms with Crippen LogP contribution in [0.1, 0.15) is 20.7 Å². The average Bonchev–Trinajstić information content (AvgIpc) is 2.26. The summed E-state index contributed by atoms with van der Waals surface area (Å²) >= 11 is 0. The summed E-state index contributed by atoms with van der Waals surface area (Å²) in [7, 11) is 2.84. The summed E-state index contributed by atoms with van der Waals surface area (Å²) in [6.07, 6.45) is 1.23. The lowest BCUT2D eigenvalue weighted by atomic mass is 10.1. The summed E-state index contributed by atoms with van der Waals surface area (Å²) in [6, 6.07) is 3.09. The number of hydrogen-bond acceptors (Lipinski definition) is 4. The Morgan fingerprint density at radius 2 is 1.79 bits per heavy atom. The summed E-state index contributed by atoms with van der Waals surface area (Å²) in [5, 5.41) is 0. The highest BCUT2D eigenvalue weighted by molar-refractivity contribution is 5.91. The maximum Gasteiger partial charge on any atom is 0.157 e. The first-order valence-electron chi connectivity index (χ1n) is 3.93. The van der Waals surface area contributed by atoms with Crippen LogP contribution >= 0.6 is 0 Å². The van der Waals surface area contributed by atoms with E-state index in [1.165, 1.54) is 20.3 Å². The van der Waals surface area contributed by atoms with Crippen molar-refractivity contribution in [3.8, 4) is 11.5 Å². The number of methoxy groups -OCH3 is 2. The van der Waals surface area contributed by atoms with Crippen molar-refractivity contribution < 1.29 is 19.1 Å². The molecule has 4 nitrogen and oxygen atoms in total. The number of benzene rings is 1. The highest BCUT2D eigenvalue weighted by Crippen LogP contribution is 2.29. The topological polar surface area (TPSA) is 52.6 Å². The molecule has 0 bridgehead atoms. The third-order valence-corrected chi connectivity index (χ3v) is 1.86. The van der Waals surface area contributed by atoms with Gasteiger partial charge >= 0.3 is 0 Å². The molecule has 0 aromatic heterocycles. The fourth-order valence-corrected chi connectivity index (χ4v) is 1.21. The molecule has 0 heterocycles. The number of aldehydes is 2. The van der Waals surface area contributed by atoms with Crippen LogP contribution in [-0.2, 0) is 0 Å². The first-order valence-corrected chi connectivity index (χ1v) is 3.93. The van der Waals surface area contributed by atoms with Crippen molar-refractivity contribution in [1.82, 2.24) is 0 Å². The number of rotatable bonds is 4. The van der Waals surface area contributed by atoms with Gasteiger partial charge in [-0.1, -0.05) is 0 Å². The molecular weight excluding hydrogens is 184 g/mol. The molecule has 0 aliphatic rings. The van der Waals surface area contributed by atoms with Crippen LogP contribution in [0.15, 0.2) is 12.1 Å². The van der Waals surface area contributed by atoms with Crippen molar-refractivity contribution in [2.45, 2.75) is 0 Å². The van der Waals surface area contributed by atoms with Crippen molar-refractivity contribution >= 4 is 12.6 Å². The molecule has 0 spiro atoms. The summed E-state index contributed by atoms with van der Waals surface area (Å²) in [6.45, 7) is 0. The minimum atomic E-state index is 0.245. The van der Waals surface area contributed by atoms with E-state index in [2.05, 4.69) is 0 Å². The largest absolute Gasteiger partial charge is 0.496 e. The number of ether oxygens (including phenoxy) is 2. The Morgan fingerprint density at radius 3 is 2.21 bits per heavy atom. The molecule has 0 unspecified atom stereocenters. The SMILES string of the molecule is COc1ccc(C=O)c(OC)c1C=O. The van der Waals surface area contributed by atoms with Crippen molar-refractivity contribution in [2.24, 2.45) is 0 Å². The Bertz CT molecular complexity index is 357. The predicted molar refractivity (Wildman–Crippen MR) is 50.3 cm³/mol. The van der Waals surface area contributed by atoms with Crippen LogP contribution in [0.5, 0.6) is 11.5 Å². The fourth-order valence-electron chi connectivity index (χ4n) is 1.21. The Balaban J connectivity index is 3.43. The molecule has 14 heavy (non-hydrogen) atoms. The average molecular weight is 194 g/mol. The molecule has 1 rings (SSSR count). The second-order valence-electron chi connectivity index (χ2n) is 2.54. The van der Waals surface area contributed by atoms with Crippen molar-refractivity contribution in [3.05, 3.63) is 23.3 Å². The zero-order valence-corrected chi connectivity index (χ0v) is 7.94. The highest BCUT2D eigenvalue weighted by Gasteiger charge is 2.13. The van der Waals surface area contributed by atoms with Gasteiger partial charge in [0.05, 0.1) is 25.3 Å². The molecular formula is C10H10O4. The molecule has 0 radical (unpaired) electrons. The van der Waals surface area contributed by atoms with E-state index >= 15 is 0 Å². The van der Waals surface area contributed by atoms with Crippen LogP contribution in [0.4, 0.5) is 0 Å². The molecule has 4 heteroatoms. The molecule has 0 N–H and O–H groups in total. The van der Waals surface area contributed by atoms with E-state index in [-0.39, 0.29) is 11.3 Å². The fraction of sp³-hybridized carbons (Fsp3) is 0.200. The van der Waals surface area contributed by atoms with Crippen molar-refractivity contribution in [2.75, 3.05) is 14.2 Å². The first-order chi connectivity index (χ1) is 6.78. The first kappa shape index (κ1) is 10.2. The molecule has 0 saturated carbocycles. The predicted octanol–water partition coefficient (Wildman–Crippen LogP) is 1.33. The second-order valence-corrected chi connectivity index (χ2v) is 2.54. The van der Waals surface area contributed by atoms with E-state index in [0.29, 0.717) is 23.9 Å². The smallest absolute Gasteiger partial charge is 0.157 e. The van der Waals surface area contributed by atoms with Crippen LogP contribution < -0.4 is 9.47 Å². The minimum absolute atomic E-state index is 0.245. The van der Waals surface area contributed by atoms with E-state index in [1.54, 1.807) is 6.07 Å². The molecule has 0 amide bonds. The van der Waals surface area contributed by atoms with Gasteiger partial charge in [-0.25, -0.2) is 0 Å². The summed E-state index contributed by atoms with van der Waals surface area (Å²) < 4.78 is 9.91. The lowest BCUT2D eigenvalue weighted by Gasteiger charge is -2.09. The summed E-state index contributed by atoms with van der Waals surface area (Å²) in [5.74, 6) is 0.636.